The molecule has 0 spiro atoms. The molecule has 4 fully saturated rings. The van der Waals surface area contributed by atoms with Gasteiger partial charge in [-0.1, -0.05) is 72.8 Å². The second kappa shape index (κ2) is 18.2. The fourth-order valence-electron chi connectivity index (χ4n) is 9.09. The van der Waals surface area contributed by atoms with Crippen molar-refractivity contribution < 1.29 is 29.3 Å². The molecule has 0 unspecified atom stereocenters. The third kappa shape index (κ3) is 9.16. The van der Waals surface area contributed by atoms with Crippen molar-refractivity contribution in [3.8, 4) is 5.75 Å². The van der Waals surface area contributed by atoms with E-state index in [1.165, 1.54) is 12.1 Å². The number of aliphatic hydroxyl groups is 1. The van der Waals surface area contributed by atoms with Gasteiger partial charge in [-0.05, 0) is 103 Å². The number of phenols is 1. The number of nitrogens with one attached hydrogen (secondary N) is 3. The lowest BCUT2D eigenvalue weighted by Crippen LogP contribution is -2.55. The number of phenolic OH excluding ortho intramolecular Hbond substituents is 1. The summed E-state index contributed by atoms with van der Waals surface area (Å²) < 4.78 is 6.31. The van der Waals surface area contributed by atoms with Gasteiger partial charge in [-0.2, -0.15) is 0 Å². The van der Waals surface area contributed by atoms with Crippen LogP contribution in [0.25, 0.3) is 10.9 Å². The SMILES string of the molecule is O=C(CCc1ccc(CNC[C@H](O)c2ccc(O)c3[nH]c(=O)ccc23)cc1)NCc1ccc(C(=O)N2CCC(C(=O)O[C@H]3CN4CCC3CC4)(c3ccccc3)CC2)cc1. The zero-order valence-corrected chi connectivity index (χ0v) is 33.8. The van der Waals surface area contributed by atoms with Crippen LogP contribution in [0.4, 0.5) is 0 Å². The number of H-pyrrole nitrogens is 1. The molecule has 60 heavy (non-hydrogen) atoms. The second-order valence-electron chi connectivity index (χ2n) is 16.5. The van der Waals surface area contributed by atoms with E-state index in [2.05, 4.69) is 20.5 Å². The van der Waals surface area contributed by atoms with Crippen LogP contribution in [0.1, 0.15) is 76.4 Å². The lowest BCUT2D eigenvalue weighted by Gasteiger charge is -2.46. The number of carbonyl (C=O) groups excluding carboxylic acids is 3. The van der Waals surface area contributed by atoms with Gasteiger partial charge in [-0.15, -0.1) is 0 Å². The minimum absolute atomic E-state index is 0.0502. The maximum atomic E-state index is 14.0. The van der Waals surface area contributed by atoms with E-state index in [0.29, 0.717) is 79.8 Å². The lowest BCUT2D eigenvalue weighted by molar-refractivity contribution is -0.168. The van der Waals surface area contributed by atoms with Crippen LogP contribution < -0.4 is 16.2 Å². The summed E-state index contributed by atoms with van der Waals surface area (Å²) in [7, 11) is 0. The fraction of sp³-hybridized carbons (Fsp3) is 0.375. The smallest absolute Gasteiger partial charge is 0.317 e. The van der Waals surface area contributed by atoms with Gasteiger partial charge >= 0.3 is 5.97 Å². The lowest BCUT2D eigenvalue weighted by atomic mass is 9.72. The molecule has 1 aromatic heterocycles. The Morgan fingerprint density at radius 3 is 2.20 bits per heavy atom. The van der Waals surface area contributed by atoms with Crippen LogP contribution in [0.3, 0.4) is 0 Å². The van der Waals surface area contributed by atoms with E-state index in [1.807, 2.05) is 71.6 Å². The number of hydrogen-bond donors (Lipinski definition) is 5. The van der Waals surface area contributed by atoms with Gasteiger partial charge in [0.1, 0.15) is 11.9 Å². The summed E-state index contributed by atoms with van der Waals surface area (Å²) in [5, 5.41) is 27.8. The number of carbonyl (C=O) groups is 3. The molecule has 4 saturated heterocycles. The van der Waals surface area contributed by atoms with Crippen molar-refractivity contribution in [2.45, 2.75) is 69.2 Å². The summed E-state index contributed by atoms with van der Waals surface area (Å²) in [6.45, 7) is 5.04. The average Bonchev–Trinajstić information content (AvgIpc) is 3.29. The van der Waals surface area contributed by atoms with Gasteiger partial charge in [0.15, 0.2) is 0 Å². The predicted octanol–water partition coefficient (Wildman–Crippen LogP) is 5.12. The minimum atomic E-state index is -0.849. The highest BCUT2D eigenvalue weighted by Gasteiger charge is 2.47. The number of nitrogens with zero attached hydrogens (tertiary/aromatic N) is 2. The largest absolute Gasteiger partial charge is 0.506 e. The van der Waals surface area contributed by atoms with Gasteiger partial charge < -0.3 is 35.5 Å². The van der Waals surface area contributed by atoms with Crippen molar-refractivity contribution in [2.75, 3.05) is 39.3 Å². The number of amides is 2. The van der Waals surface area contributed by atoms with Crippen LogP contribution in [0, 0.1) is 5.92 Å². The molecule has 2 bridgehead atoms. The Bertz CT molecular complexity index is 2350. The van der Waals surface area contributed by atoms with Crippen molar-refractivity contribution in [3.05, 3.63) is 147 Å². The number of rotatable bonds is 14. The average molecular weight is 812 g/mol. The zero-order chi connectivity index (χ0) is 41.6. The van der Waals surface area contributed by atoms with Gasteiger partial charge in [0.05, 0.1) is 17.0 Å². The van der Waals surface area contributed by atoms with Crippen molar-refractivity contribution in [1.82, 2.24) is 25.4 Å². The third-order valence-electron chi connectivity index (χ3n) is 12.8. The number of aryl methyl sites for hydroxylation is 1. The topological polar surface area (TPSA) is 164 Å². The number of hydrogen-bond acceptors (Lipinski definition) is 9. The maximum Gasteiger partial charge on any atom is 0.317 e. The first-order valence-electron chi connectivity index (χ1n) is 21.1. The Morgan fingerprint density at radius 2 is 1.50 bits per heavy atom. The second-order valence-corrected chi connectivity index (χ2v) is 16.5. The molecular weight excluding hydrogens is 759 g/mol. The molecule has 4 aliphatic heterocycles. The molecule has 12 heteroatoms. The maximum absolute atomic E-state index is 14.0. The van der Waals surface area contributed by atoms with Crippen LogP contribution >= 0.6 is 0 Å². The Balaban J connectivity index is 0.769. The zero-order valence-electron chi connectivity index (χ0n) is 33.8. The van der Waals surface area contributed by atoms with E-state index >= 15 is 0 Å². The number of likely N-dealkylation sites (tertiary alicyclic amines) is 1. The van der Waals surface area contributed by atoms with Crippen molar-refractivity contribution in [1.29, 1.82) is 0 Å². The molecule has 5 aromatic rings. The summed E-state index contributed by atoms with van der Waals surface area (Å²) in [5.74, 6) is 0.0799. The standard InChI is InChI=1S/C48H53N5O7/c54-40-17-15-38(39-16-19-44(57)51-45(39)40)41(55)30-49-28-33-8-6-32(7-9-33)12-18-43(56)50-29-34-10-13-36(14-11-34)46(58)53-26-22-48(23-27-53,37-4-2-1-3-5-37)47(59)60-42-31-52-24-20-35(42)21-25-52/h1-11,13-17,19,35,41-42,49,54-55H,12,18,20-31H2,(H,50,56)(H,51,57)/t41-,42-/m0/s1. The molecule has 5 heterocycles. The number of aromatic nitrogens is 1. The first kappa shape index (κ1) is 40.9. The summed E-state index contributed by atoms with van der Waals surface area (Å²) in [5.41, 5.74) is 4.28. The van der Waals surface area contributed by atoms with Crippen molar-refractivity contribution in [2.24, 2.45) is 5.92 Å². The number of pyridine rings is 1. The first-order valence-corrected chi connectivity index (χ1v) is 21.1. The van der Waals surface area contributed by atoms with Crippen LogP contribution in [0.15, 0.2) is 108 Å². The van der Waals surface area contributed by atoms with Crippen LogP contribution in [0.5, 0.6) is 5.75 Å². The summed E-state index contributed by atoms with van der Waals surface area (Å²) >= 11 is 0. The summed E-state index contributed by atoms with van der Waals surface area (Å²) in [6, 6.07) is 31.3. The van der Waals surface area contributed by atoms with E-state index in [-0.39, 0.29) is 41.7 Å². The Morgan fingerprint density at radius 1 is 0.817 bits per heavy atom. The molecule has 9 rings (SSSR count). The Labute approximate surface area is 349 Å². The van der Waals surface area contributed by atoms with E-state index < -0.39 is 11.5 Å². The first-order chi connectivity index (χ1) is 29.1. The molecule has 0 saturated carbocycles. The number of piperidine rings is 4. The molecule has 312 valence electrons. The molecule has 5 N–H and O–H groups in total. The molecule has 2 amide bonds. The fourth-order valence-corrected chi connectivity index (χ4v) is 9.09. The van der Waals surface area contributed by atoms with Crippen LogP contribution in [-0.4, -0.2) is 88.2 Å². The van der Waals surface area contributed by atoms with Crippen LogP contribution in [-0.2, 0) is 39.3 Å². The Kier molecular flexibility index (Phi) is 12.4. The molecule has 4 aromatic carbocycles. The third-order valence-corrected chi connectivity index (χ3v) is 12.8. The van der Waals surface area contributed by atoms with E-state index in [4.69, 9.17) is 4.74 Å². The van der Waals surface area contributed by atoms with Crippen molar-refractivity contribution in [3.63, 3.8) is 0 Å². The molecular formula is C48H53N5O7. The number of aromatic hydroxyl groups is 1. The number of fused-ring (bicyclic) bond motifs is 4. The van der Waals surface area contributed by atoms with Gasteiger partial charge in [-0.25, -0.2) is 0 Å². The molecule has 4 aliphatic rings. The molecule has 2 atom stereocenters. The number of aromatic amines is 1. The predicted molar refractivity (Wildman–Crippen MR) is 228 cm³/mol. The molecule has 0 aliphatic carbocycles. The quantitative estimate of drug-likeness (QED) is 0.0959. The number of benzene rings is 4. The minimum Gasteiger partial charge on any atom is -0.506 e. The normalized spacial score (nSPS) is 20.1. The van der Waals surface area contributed by atoms with Crippen LogP contribution in [0.2, 0.25) is 0 Å². The highest BCUT2D eigenvalue weighted by molar-refractivity contribution is 5.95. The molecule has 12 nitrogen and oxygen atoms in total. The monoisotopic (exact) mass is 811 g/mol. The van der Waals surface area contributed by atoms with E-state index in [1.54, 1.807) is 24.3 Å². The van der Waals surface area contributed by atoms with Gasteiger partial charge in [0.2, 0.25) is 11.5 Å². The van der Waals surface area contributed by atoms with Gasteiger partial charge in [0.25, 0.3) is 5.91 Å². The number of aliphatic hydroxyl groups excluding tert-OH is 1. The number of ether oxygens (including phenoxy) is 1. The van der Waals surface area contributed by atoms with Gasteiger partial charge in [-0.3, -0.25) is 24.1 Å². The highest BCUT2D eigenvalue weighted by Crippen LogP contribution is 2.39. The summed E-state index contributed by atoms with van der Waals surface area (Å²) in [6.07, 6.45) is 3.16. The molecule has 0 radical (unpaired) electrons. The Hall–Kier alpha value is -5.82. The van der Waals surface area contributed by atoms with Gasteiger partial charge in [0, 0.05) is 62.7 Å². The highest BCUT2D eigenvalue weighted by atomic mass is 16.5. The number of esters is 1. The van der Waals surface area contributed by atoms with Crippen molar-refractivity contribution >= 4 is 28.7 Å². The van der Waals surface area contributed by atoms with E-state index in [9.17, 15) is 29.4 Å². The summed E-state index contributed by atoms with van der Waals surface area (Å²) in [4.78, 5) is 59.0. The van der Waals surface area contributed by atoms with E-state index in [0.717, 1.165) is 54.7 Å².